The first-order valence-electron chi connectivity index (χ1n) is 3.66. The van der Waals surface area contributed by atoms with Crippen molar-refractivity contribution < 1.29 is 9.53 Å². The molecular weight excluding hydrogens is 144 g/mol. The van der Waals surface area contributed by atoms with Crippen LogP contribution >= 0.6 is 0 Å². The van der Waals surface area contributed by atoms with Crippen LogP contribution in [-0.2, 0) is 9.53 Å². The molecule has 4 nitrogen and oxygen atoms in total. The van der Waals surface area contributed by atoms with Gasteiger partial charge in [0.25, 0.3) is 11.9 Å². The molecule has 0 aliphatic carbocycles. The minimum atomic E-state index is -0.601. The molecule has 0 N–H and O–H groups in total. The average molecular weight is 154 g/mol. The van der Waals surface area contributed by atoms with Crippen molar-refractivity contribution in [3.05, 3.63) is 0 Å². The van der Waals surface area contributed by atoms with Crippen LogP contribution in [0.25, 0.3) is 0 Å². The molecule has 0 bridgehead atoms. The lowest BCUT2D eigenvalue weighted by Gasteiger charge is -2.13. The maximum Gasteiger partial charge on any atom is 0.295 e. The van der Waals surface area contributed by atoms with Crippen LogP contribution in [0.5, 0.6) is 0 Å². The molecular formula is C7H10N2O2. The Morgan fingerprint density at radius 1 is 1.64 bits per heavy atom. The summed E-state index contributed by atoms with van der Waals surface area (Å²) in [4.78, 5) is 17.2. The van der Waals surface area contributed by atoms with E-state index in [2.05, 4.69) is 4.99 Å². The van der Waals surface area contributed by atoms with Gasteiger partial charge in [0.2, 0.25) is 0 Å². The Morgan fingerprint density at radius 2 is 2.36 bits per heavy atom. The molecule has 2 rings (SSSR count). The summed E-state index contributed by atoms with van der Waals surface area (Å²) in [5.74, 6) is 0.0463. The van der Waals surface area contributed by atoms with Crippen molar-refractivity contribution in [1.29, 1.82) is 0 Å². The van der Waals surface area contributed by atoms with Gasteiger partial charge in [0, 0.05) is 0 Å². The molecule has 0 atom stereocenters. The second-order valence-corrected chi connectivity index (χ2v) is 3.26. The van der Waals surface area contributed by atoms with Crippen LogP contribution in [0.1, 0.15) is 13.8 Å². The third-order valence-corrected chi connectivity index (χ3v) is 1.92. The van der Waals surface area contributed by atoms with E-state index in [-0.39, 0.29) is 5.91 Å². The topological polar surface area (TPSA) is 41.9 Å². The number of fused-ring (bicyclic) bond motifs is 1. The number of amides is 1. The monoisotopic (exact) mass is 154 g/mol. The van der Waals surface area contributed by atoms with Crippen LogP contribution in [0.3, 0.4) is 0 Å². The molecule has 1 fully saturated rings. The fourth-order valence-corrected chi connectivity index (χ4v) is 1.30. The molecule has 0 aromatic carbocycles. The quantitative estimate of drug-likeness (QED) is 0.492. The van der Waals surface area contributed by atoms with Crippen molar-refractivity contribution in [2.45, 2.75) is 19.4 Å². The number of carbonyl (C=O) groups is 1. The van der Waals surface area contributed by atoms with Gasteiger partial charge in [0.05, 0.1) is 6.54 Å². The molecule has 11 heavy (non-hydrogen) atoms. The summed E-state index contributed by atoms with van der Waals surface area (Å²) in [6, 6.07) is 0.500. The van der Waals surface area contributed by atoms with Gasteiger partial charge in [-0.3, -0.25) is 9.69 Å². The molecule has 2 aliphatic heterocycles. The van der Waals surface area contributed by atoms with Gasteiger partial charge in [-0.2, -0.15) is 0 Å². The van der Waals surface area contributed by atoms with Gasteiger partial charge in [0.15, 0.2) is 0 Å². The molecule has 0 aromatic heterocycles. The van der Waals surface area contributed by atoms with E-state index >= 15 is 0 Å². The molecule has 0 aromatic rings. The molecule has 2 aliphatic rings. The summed E-state index contributed by atoms with van der Waals surface area (Å²) in [7, 11) is 0. The summed E-state index contributed by atoms with van der Waals surface area (Å²) >= 11 is 0. The first-order chi connectivity index (χ1) is 5.11. The van der Waals surface area contributed by atoms with E-state index in [1.54, 1.807) is 18.7 Å². The van der Waals surface area contributed by atoms with E-state index in [1.165, 1.54) is 0 Å². The van der Waals surface area contributed by atoms with Crippen molar-refractivity contribution in [1.82, 2.24) is 4.90 Å². The predicted molar refractivity (Wildman–Crippen MR) is 39.2 cm³/mol. The predicted octanol–water partition coefficient (Wildman–Crippen LogP) is -0.00660. The molecule has 1 saturated heterocycles. The number of carbonyl (C=O) groups excluding carboxylic acids is 1. The van der Waals surface area contributed by atoms with Gasteiger partial charge in [-0.1, -0.05) is 0 Å². The zero-order valence-electron chi connectivity index (χ0n) is 6.63. The summed E-state index contributed by atoms with van der Waals surface area (Å²) in [5.41, 5.74) is -0.601. The standard InChI is InChI=1S/C7H10N2O2/c1-7(2)5(10)9-3-4-11-6(9)8-7/h3-4H2,1-2H3. The van der Waals surface area contributed by atoms with E-state index in [0.717, 1.165) is 0 Å². The fourth-order valence-electron chi connectivity index (χ4n) is 1.30. The lowest BCUT2D eigenvalue weighted by atomic mass is 10.1. The number of aliphatic imine (C=N–C) groups is 1. The lowest BCUT2D eigenvalue weighted by molar-refractivity contribution is -0.129. The third-order valence-electron chi connectivity index (χ3n) is 1.92. The summed E-state index contributed by atoms with van der Waals surface area (Å²) < 4.78 is 5.14. The van der Waals surface area contributed by atoms with Gasteiger partial charge >= 0.3 is 0 Å². The lowest BCUT2D eigenvalue weighted by Crippen LogP contribution is -2.37. The van der Waals surface area contributed by atoms with Crippen LogP contribution in [0.4, 0.5) is 0 Å². The third kappa shape index (κ3) is 0.751. The highest BCUT2D eigenvalue weighted by atomic mass is 16.5. The van der Waals surface area contributed by atoms with Crippen LogP contribution in [0.15, 0.2) is 4.99 Å². The Hall–Kier alpha value is -1.06. The fraction of sp³-hybridized carbons (Fsp3) is 0.714. The zero-order chi connectivity index (χ0) is 8.06. The molecule has 0 spiro atoms. The van der Waals surface area contributed by atoms with Crippen molar-refractivity contribution in [2.24, 2.45) is 4.99 Å². The second kappa shape index (κ2) is 1.75. The van der Waals surface area contributed by atoms with E-state index in [0.29, 0.717) is 19.2 Å². The van der Waals surface area contributed by atoms with Crippen LogP contribution in [0.2, 0.25) is 0 Å². The highest BCUT2D eigenvalue weighted by molar-refractivity contribution is 6.05. The number of amidine groups is 1. The molecule has 1 amide bonds. The molecule has 2 heterocycles. The van der Waals surface area contributed by atoms with Crippen LogP contribution < -0.4 is 0 Å². The Bertz CT molecular complexity index is 245. The van der Waals surface area contributed by atoms with Gasteiger partial charge < -0.3 is 4.74 Å². The maximum atomic E-state index is 11.4. The van der Waals surface area contributed by atoms with E-state index in [9.17, 15) is 4.79 Å². The van der Waals surface area contributed by atoms with Gasteiger partial charge in [-0.15, -0.1) is 0 Å². The smallest absolute Gasteiger partial charge is 0.295 e. The van der Waals surface area contributed by atoms with Crippen molar-refractivity contribution in [2.75, 3.05) is 13.2 Å². The van der Waals surface area contributed by atoms with Crippen LogP contribution in [-0.4, -0.2) is 35.5 Å². The molecule has 60 valence electrons. The first kappa shape index (κ1) is 6.64. The Kier molecular flexibility index (Phi) is 1.06. The van der Waals surface area contributed by atoms with E-state index in [4.69, 9.17) is 4.74 Å². The first-order valence-corrected chi connectivity index (χ1v) is 3.66. The largest absolute Gasteiger partial charge is 0.463 e. The zero-order valence-corrected chi connectivity index (χ0v) is 6.63. The molecule has 0 saturated carbocycles. The Balaban J connectivity index is 2.37. The summed E-state index contributed by atoms with van der Waals surface area (Å²) in [6.45, 7) is 4.83. The number of ether oxygens (including phenoxy) is 1. The SMILES string of the molecule is CC1(C)N=C2OCCN2C1=O. The van der Waals surface area contributed by atoms with Crippen molar-refractivity contribution in [3.8, 4) is 0 Å². The summed E-state index contributed by atoms with van der Waals surface area (Å²) in [5, 5.41) is 0. The highest BCUT2D eigenvalue weighted by Crippen LogP contribution is 2.24. The van der Waals surface area contributed by atoms with E-state index < -0.39 is 5.54 Å². The van der Waals surface area contributed by atoms with Gasteiger partial charge in [-0.25, -0.2) is 4.99 Å². The van der Waals surface area contributed by atoms with Crippen LogP contribution in [0, 0.1) is 0 Å². The van der Waals surface area contributed by atoms with Gasteiger partial charge in [-0.05, 0) is 13.8 Å². The molecule has 4 heteroatoms. The number of hydrogen-bond acceptors (Lipinski definition) is 3. The van der Waals surface area contributed by atoms with Crippen molar-refractivity contribution in [3.63, 3.8) is 0 Å². The Labute approximate surface area is 64.8 Å². The number of hydrogen-bond donors (Lipinski definition) is 0. The van der Waals surface area contributed by atoms with Gasteiger partial charge in [0.1, 0.15) is 12.1 Å². The number of nitrogens with zero attached hydrogens (tertiary/aromatic N) is 2. The summed E-state index contributed by atoms with van der Waals surface area (Å²) in [6.07, 6.45) is 0. The second-order valence-electron chi connectivity index (χ2n) is 3.26. The van der Waals surface area contributed by atoms with Crippen molar-refractivity contribution >= 4 is 11.9 Å². The van der Waals surface area contributed by atoms with E-state index in [1.807, 2.05) is 0 Å². The minimum absolute atomic E-state index is 0.0463. The number of rotatable bonds is 0. The Morgan fingerprint density at radius 3 is 3.00 bits per heavy atom. The molecule has 0 unspecified atom stereocenters. The normalized spacial score (nSPS) is 26.5. The minimum Gasteiger partial charge on any atom is -0.463 e. The highest BCUT2D eigenvalue weighted by Gasteiger charge is 2.44. The average Bonchev–Trinajstić information content (AvgIpc) is 2.39. The maximum absolute atomic E-state index is 11.4. The molecule has 0 radical (unpaired) electrons.